The highest BCUT2D eigenvalue weighted by molar-refractivity contribution is 5.88. The lowest BCUT2D eigenvalue weighted by atomic mass is 9.98. The maximum absolute atomic E-state index is 11.9. The first-order valence-corrected chi connectivity index (χ1v) is 5.82. The molecule has 1 aliphatic heterocycles. The number of nitrogens with one attached hydrogen (secondary N) is 1. The monoisotopic (exact) mass is 259 g/mol. The van der Waals surface area contributed by atoms with E-state index in [1.807, 2.05) is 6.92 Å². The van der Waals surface area contributed by atoms with Crippen molar-refractivity contribution in [2.45, 2.75) is 38.3 Å². The highest BCUT2D eigenvalue weighted by Crippen LogP contribution is 2.23. The number of rotatable bonds is 6. The molecule has 1 rings (SSSR count). The van der Waals surface area contributed by atoms with Crippen molar-refractivity contribution in [2.24, 2.45) is 5.92 Å². The van der Waals surface area contributed by atoms with Gasteiger partial charge in [0, 0.05) is 6.61 Å². The van der Waals surface area contributed by atoms with Crippen LogP contribution in [-0.2, 0) is 19.1 Å². The third-order valence-electron chi connectivity index (χ3n) is 2.94. The minimum atomic E-state index is -1.40. The summed E-state index contributed by atoms with van der Waals surface area (Å²) in [6.07, 6.45) is 0.341. The Labute approximate surface area is 104 Å². The SMILES string of the molecule is CCC1OCCC1C(=O)NC(CC(=O)O)C(=O)O. The van der Waals surface area contributed by atoms with Crippen LogP contribution in [-0.4, -0.2) is 46.8 Å². The zero-order chi connectivity index (χ0) is 13.7. The summed E-state index contributed by atoms with van der Waals surface area (Å²) < 4.78 is 5.33. The second-order valence-electron chi connectivity index (χ2n) is 4.21. The van der Waals surface area contributed by atoms with E-state index in [1.54, 1.807) is 0 Å². The molecule has 0 aromatic rings. The van der Waals surface area contributed by atoms with Crippen LogP contribution in [0.4, 0.5) is 0 Å². The van der Waals surface area contributed by atoms with Crippen LogP contribution in [0.2, 0.25) is 0 Å². The molecule has 1 aliphatic rings. The Bertz CT molecular complexity index is 342. The van der Waals surface area contributed by atoms with E-state index >= 15 is 0 Å². The lowest BCUT2D eigenvalue weighted by molar-refractivity contribution is -0.147. The van der Waals surface area contributed by atoms with Crippen LogP contribution in [0.5, 0.6) is 0 Å². The Morgan fingerprint density at radius 1 is 1.39 bits per heavy atom. The molecular formula is C11H17NO6. The molecule has 0 aliphatic carbocycles. The summed E-state index contributed by atoms with van der Waals surface area (Å²) in [5, 5.41) is 19.7. The van der Waals surface area contributed by atoms with Gasteiger partial charge in [-0.25, -0.2) is 4.79 Å². The topological polar surface area (TPSA) is 113 Å². The molecule has 0 spiro atoms. The molecule has 102 valence electrons. The van der Waals surface area contributed by atoms with E-state index < -0.39 is 36.2 Å². The zero-order valence-electron chi connectivity index (χ0n) is 10.1. The molecule has 1 fully saturated rings. The Morgan fingerprint density at radius 2 is 2.06 bits per heavy atom. The first-order chi connectivity index (χ1) is 8.45. The van der Waals surface area contributed by atoms with Gasteiger partial charge in [0.2, 0.25) is 5.91 Å². The van der Waals surface area contributed by atoms with E-state index in [1.165, 1.54) is 0 Å². The van der Waals surface area contributed by atoms with Gasteiger partial charge < -0.3 is 20.3 Å². The van der Waals surface area contributed by atoms with Crippen LogP contribution in [0.3, 0.4) is 0 Å². The average molecular weight is 259 g/mol. The van der Waals surface area contributed by atoms with Crippen LogP contribution >= 0.6 is 0 Å². The number of ether oxygens (including phenoxy) is 1. The third-order valence-corrected chi connectivity index (χ3v) is 2.94. The predicted octanol–water partition coefficient (Wildman–Crippen LogP) is -0.154. The van der Waals surface area contributed by atoms with Crippen molar-refractivity contribution >= 4 is 17.8 Å². The van der Waals surface area contributed by atoms with Gasteiger partial charge in [0.25, 0.3) is 0 Å². The second-order valence-corrected chi connectivity index (χ2v) is 4.21. The molecule has 3 unspecified atom stereocenters. The number of aliphatic carboxylic acids is 2. The van der Waals surface area contributed by atoms with E-state index in [-0.39, 0.29) is 6.10 Å². The van der Waals surface area contributed by atoms with E-state index in [2.05, 4.69) is 5.32 Å². The highest BCUT2D eigenvalue weighted by atomic mass is 16.5. The Kier molecular flexibility index (Phi) is 5.08. The van der Waals surface area contributed by atoms with Crippen LogP contribution in [0.1, 0.15) is 26.2 Å². The van der Waals surface area contributed by atoms with Gasteiger partial charge in [-0.15, -0.1) is 0 Å². The normalized spacial score (nSPS) is 24.5. The largest absolute Gasteiger partial charge is 0.481 e. The first-order valence-electron chi connectivity index (χ1n) is 5.82. The average Bonchev–Trinajstić information content (AvgIpc) is 2.75. The van der Waals surface area contributed by atoms with Crippen molar-refractivity contribution in [2.75, 3.05) is 6.61 Å². The van der Waals surface area contributed by atoms with Crippen molar-refractivity contribution < 1.29 is 29.3 Å². The fourth-order valence-electron chi connectivity index (χ4n) is 2.00. The summed E-state index contributed by atoms with van der Waals surface area (Å²) >= 11 is 0. The van der Waals surface area contributed by atoms with E-state index in [4.69, 9.17) is 14.9 Å². The second kappa shape index (κ2) is 6.34. The van der Waals surface area contributed by atoms with E-state index in [9.17, 15) is 14.4 Å². The van der Waals surface area contributed by atoms with Gasteiger partial charge in [-0.1, -0.05) is 6.92 Å². The molecular weight excluding hydrogens is 242 g/mol. The number of hydrogen-bond acceptors (Lipinski definition) is 4. The van der Waals surface area contributed by atoms with Gasteiger partial charge in [-0.2, -0.15) is 0 Å². The number of carbonyl (C=O) groups excluding carboxylic acids is 1. The quantitative estimate of drug-likeness (QED) is 0.611. The van der Waals surface area contributed by atoms with Crippen molar-refractivity contribution in [1.29, 1.82) is 0 Å². The minimum absolute atomic E-state index is 0.218. The van der Waals surface area contributed by atoms with Gasteiger partial charge in [0.1, 0.15) is 6.04 Å². The molecule has 1 saturated heterocycles. The third kappa shape index (κ3) is 3.69. The molecule has 3 atom stereocenters. The van der Waals surface area contributed by atoms with Crippen LogP contribution in [0, 0.1) is 5.92 Å². The van der Waals surface area contributed by atoms with Crippen molar-refractivity contribution in [3.8, 4) is 0 Å². The smallest absolute Gasteiger partial charge is 0.326 e. The van der Waals surface area contributed by atoms with Gasteiger partial charge in [0.15, 0.2) is 0 Å². The molecule has 0 aromatic heterocycles. The Morgan fingerprint density at radius 3 is 2.56 bits per heavy atom. The number of carboxylic acid groups (broad SMARTS) is 2. The van der Waals surface area contributed by atoms with E-state index in [0.29, 0.717) is 19.4 Å². The molecule has 0 aromatic carbocycles. The van der Waals surface area contributed by atoms with Crippen LogP contribution < -0.4 is 5.32 Å². The fraction of sp³-hybridized carbons (Fsp3) is 0.727. The molecule has 18 heavy (non-hydrogen) atoms. The number of carbonyl (C=O) groups is 3. The minimum Gasteiger partial charge on any atom is -0.481 e. The van der Waals surface area contributed by atoms with Gasteiger partial charge in [0.05, 0.1) is 18.4 Å². The summed E-state index contributed by atoms with van der Waals surface area (Å²) in [5.74, 6) is -3.46. The molecule has 0 saturated carbocycles. The molecule has 7 nitrogen and oxygen atoms in total. The molecule has 0 radical (unpaired) electrons. The predicted molar refractivity (Wildman–Crippen MR) is 60.0 cm³/mol. The summed E-state index contributed by atoms with van der Waals surface area (Å²) in [7, 11) is 0. The summed E-state index contributed by atoms with van der Waals surface area (Å²) in [4.78, 5) is 33.2. The summed E-state index contributed by atoms with van der Waals surface area (Å²) in [6.45, 7) is 2.34. The number of carboxylic acids is 2. The Balaban J connectivity index is 2.60. The number of hydrogen-bond donors (Lipinski definition) is 3. The first kappa shape index (κ1) is 14.4. The molecule has 1 amide bonds. The summed E-state index contributed by atoms with van der Waals surface area (Å²) in [6, 6.07) is -1.40. The fourth-order valence-corrected chi connectivity index (χ4v) is 2.00. The lowest BCUT2D eigenvalue weighted by Gasteiger charge is -2.19. The Hall–Kier alpha value is -1.63. The summed E-state index contributed by atoms with van der Waals surface area (Å²) in [5.41, 5.74) is 0. The number of amides is 1. The van der Waals surface area contributed by atoms with Crippen molar-refractivity contribution in [3.63, 3.8) is 0 Å². The lowest BCUT2D eigenvalue weighted by Crippen LogP contribution is -2.46. The van der Waals surface area contributed by atoms with Crippen LogP contribution in [0.15, 0.2) is 0 Å². The standard InChI is InChI=1S/C11H17NO6/c1-2-8-6(3-4-18-8)10(15)12-7(11(16)17)5-9(13)14/h6-8H,2-5H2,1H3,(H,12,15)(H,13,14)(H,16,17). The van der Waals surface area contributed by atoms with Crippen LogP contribution in [0.25, 0.3) is 0 Å². The molecule has 0 bridgehead atoms. The van der Waals surface area contributed by atoms with Gasteiger partial charge >= 0.3 is 11.9 Å². The van der Waals surface area contributed by atoms with Gasteiger partial charge in [-0.3, -0.25) is 9.59 Å². The van der Waals surface area contributed by atoms with Crippen molar-refractivity contribution in [3.05, 3.63) is 0 Å². The molecule has 1 heterocycles. The maximum atomic E-state index is 11.9. The van der Waals surface area contributed by atoms with Gasteiger partial charge in [-0.05, 0) is 12.8 Å². The molecule has 3 N–H and O–H groups in total. The highest BCUT2D eigenvalue weighted by Gasteiger charge is 2.35. The zero-order valence-corrected chi connectivity index (χ0v) is 10.1. The van der Waals surface area contributed by atoms with Crippen molar-refractivity contribution in [1.82, 2.24) is 5.32 Å². The van der Waals surface area contributed by atoms with E-state index in [0.717, 1.165) is 0 Å². The maximum Gasteiger partial charge on any atom is 0.326 e. The molecule has 7 heteroatoms.